The zero-order valence-corrected chi connectivity index (χ0v) is 8.65. The molecule has 0 fully saturated rings. The van der Waals surface area contributed by atoms with Crippen LogP contribution in [-0.4, -0.2) is 22.8 Å². The van der Waals surface area contributed by atoms with Gasteiger partial charge in [-0.3, -0.25) is 0 Å². The smallest absolute Gasteiger partial charge is 0.354 e. The molecule has 78 valence electrons. The molecule has 14 heavy (non-hydrogen) atoms. The maximum atomic E-state index is 11.2. The summed E-state index contributed by atoms with van der Waals surface area (Å²) in [5.41, 5.74) is 1.20. The van der Waals surface area contributed by atoms with Gasteiger partial charge in [0.15, 0.2) is 0 Å². The molecule has 1 atom stereocenters. The van der Waals surface area contributed by atoms with Gasteiger partial charge in [0, 0.05) is 13.2 Å². The minimum absolute atomic E-state index is 0.387. The summed E-state index contributed by atoms with van der Waals surface area (Å²) in [6.07, 6.45) is 1.85. The molecule has 0 saturated carbocycles. The Labute approximate surface area is 83.1 Å². The summed E-state index contributed by atoms with van der Waals surface area (Å²) in [7, 11) is 3.09. The van der Waals surface area contributed by atoms with Crippen LogP contribution in [0.15, 0.2) is 12.3 Å². The molecule has 1 aromatic heterocycles. The predicted octanol–water partition coefficient (Wildman–Crippen LogP) is 1.26. The van der Waals surface area contributed by atoms with Gasteiger partial charge in [-0.2, -0.15) is 0 Å². The predicted molar refractivity (Wildman–Crippen MR) is 52.0 cm³/mol. The van der Waals surface area contributed by atoms with E-state index in [1.54, 1.807) is 23.9 Å². The van der Waals surface area contributed by atoms with Crippen LogP contribution in [0.4, 0.5) is 0 Å². The first-order valence-electron chi connectivity index (χ1n) is 4.52. The maximum Gasteiger partial charge on any atom is 0.354 e. The van der Waals surface area contributed by atoms with E-state index in [0.29, 0.717) is 12.1 Å². The number of carbonyl (C=O) groups is 1. The van der Waals surface area contributed by atoms with E-state index in [-0.39, 0.29) is 5.97 Å². The molecular weight excluding hydrogens is 182 g/mol. The minimum atomic E-state index is -0.514. The van der Waals surface area contributed by atoms with Crippen LogP contribution in [0, 0.1) is 0 Å². The summed E-state index contributed by atoms with van der Waals surface area (Å²) in [5.74, 6) is -0.387. The molecule has 1 aromatic rings. The van der Waals surface area contributed by atoms with Gasteiger partial charge in [-0.05, 0) is 18.1 Å². The Kier molecular flexibility index (Phi) is 3.30. The lowest BCUT2D eigenvalue weighted by molar-refractivity contribution is 0.0590. The summed E-state index contributed by atoms with van der Waals surface area (Å²) in [4.78, 5) is 11.2. The molecule has 0 saturated heterocycles. The molecule has 0 amide bonds. The SMILES string of the molecule is CCC(O)c1cc(C(=O)OC)n(C)c1. The van der Waals surface area contributed by atoms with Crippen molar-refractivity contribution in [2.24, 2.45) is 7.05 Å². The zero-order valence-electron chi connectivity index (χ0n) is 8.65. The average Bonchev–Trinajstić information content (AvgIpc) is 2.58. The molecule has 0 aliphatic heterocycles. The lowest BCUT2D eigenvalue weighted by Gasteiger charge is -2.02. The number of aryl methyl sites for hydroxylation is 1. The number of aromatic nitrogens is 1. The van der Waals surface area contributed by atoms with Crippen LogP contribution in [0.2, 0.25) is 0 Å². The first kappa shape index (κ1) is 10.8. The first-order valence-corrected chi connectivity index (χ1v) is 4.52. The number of ether oxygens (including phenoxy) is 1. The Morgan fingerprint density at radius 1 is 1.71 bits per heavy atom. The average molecular weight is 197 g/mol. The maximum absolute atomic E-state index is 11.2. The molecule has 1 unspecified atom stereocenters. The van der Waals surface area contributed by atoms with Gasteiger partial charge in [-0.1, -0.05) is 6.92 Å². The van der Waals surface area contributed by atoms with E-state index in [2.05, 4.69) is 4.74 Å². The zero-order chi connectivity index (χ0) is 10.7. The topological polar surface area (TPSA) is 51.5 Å². The van der Waals surface area contributed by atoms with Crippen molar-refractivity contribution in [3.8, 4) is 0 Å². The number of aliphatic hydroxyl groups is 1. The fourth-order valence-electron chi connectivity index (χ4n) is 1.32. The summed E-state index contributed by atoms with van der Waals surface area (Å²) in [6, 6.07) is 1.65. The first-order chi connectivity index (χ1) is 6.60. The van der Waals surface area contributed by atoms with Gasteiger partial charge in [-0.15, -0.1) is 0 Å². The van der Waals surface area contributed by atoms with Crippen molar-refractivity contribution in [2.45, 2.75) is 19.4 Å². The van der Waals surface area contributed by atoms with Gasteiger partial charge >= 0.3 is 5.97 Å². The van der Waals surface area contributed by atoms with E-state index in [9.17, 15) is 9.90 Å². The van der Waals surface area contributed by atoms with Crippen LogP contribution in [0.25, 0.3) is 0 Å². The van der Waals surface area contributed by atoms with Crippen LogP contribution >= 0.6 is 0 Å². The van der Waals surface area contributed by atoms with E-state index >= 15 is 0 Å². The third kappa shape index (κ3) is 1.96. The van der Waals surface area contributed by atoms with Crippen molar-refractivity contribution < 1.29 is 14.6 Å². The van der Waals surface area contributed by atoms with Crippen molar-refractivity contribution in [3.63, 3.8) is 0 Å². The standard InChI is InChI=1S/C10H15NO3/c1-4-9(12)7-5-8(10(13)14-3)11(2)6-7/h5-6,9,12H,4H2,1-3H3. The molecule has 0 radical (unpaired) electrons. The highest BCUT2D eigenvalue weighted by molar-refractivity contribution is 5.87. The van der Waals surface area contributed by atoms with Gasteiger partial charge < -0.3 is 14.4 Å². The second-order valence-electron chi connectivity index (χ2n) is 3.19. The molecule has 1 rings (SSSR count). The molecule has 4 nitrogen and oxygen atoms in total. The lowest BCUT2D eigenvalue weighted by atomic mass is 10.1. The summed E-state index contributed by atoms with van der Waals surface area (Å²) in [6.45, 7) is 1.88. The number of hydrogen-bond acceptors (Lipinski definition) is 3. The number of aliphatic hydroxyl groups excluding tert-OH is 1. The van der Waals surface area contributed by atoms with E-state index < -0.39 is 6.10 Å². The van der Waals surface area contributed by atoms with Gasteiger partial charge in [-0.25, -0.2) is 4.79 Å². The Hall–Kier alpha value is -1.29. The van der Waals surface area contributed by atoms with Crippen LogP contribution in [-0.2, 0) is 11.8 Å². The lowest BCUT2D eigenvalue weighted by Crippen LogP contribution is -2.06. The van der Waals surface area contributed by atoms with Crippen molar-refractivity contribution in [1.82, 2.24) is 4.57 Å². The number of rotatable bonds is 3. The highest BCUT2D eigenvalue weighted by Crippen LogP contribution is 2.18. The Bertz CT molecular complexity index is 330. The number of carbonyl (C=O) groups excluding carboxylic acids is 1. The van der Waals surface area contributed by atoms with E-state index in [1.807, 2.05) is 6.92 Å². The molecule has 0 spiro atoms. The number of methoxy groups -OCH3 is 1. The molecule has 0 aliphatic carbocycles. The van der Waals surface area contributed by atoms with Gasteiger partial charge in [0.1, 0.15) is 5.69 Å². The third-order valence-corrected chi connectivity index (χ3v) is 2.19. The van der Waals surface area contributed by atoms with E-state index in [4.69, 9.17) is 0 Å². The van der Waals surface area contributed by atoms with Crippen LogP contribution in [0.5, 0.6) is 0 Å². The van der Waals surface area contributed by atoms with Crippen molar-refractivity contribution in [3.05, 3.63) is 23.5 Å². The molecule has 1 heterocycles. The Morgan fingerprint density at radius 3 is 2.86 bits per heavy atom. The van der Waals surface area contributed by atoms with Gasteiger partial charge in [0.2, 0.25) is 0 Å². The van der Waals surface area contributed by atoms with Gasteiger partial charge in [0.25, 0.3) is 0 Å². The summed E-state index contributed by atoms with van der Waals surface area (Å²) in [5, 5.41) is 9.56. The normalized spacial score (nSPS) is 12.6. The van der Waals surface area contributed by atoms with Crippen LogP contribution in [0.1, 0.15) is 35.5 Å². The fraction of sp³-hybridized carbons (Fsp3) is 0.500. The minimum Gasteiger partial charge on any atom is -0.464 e. The third-order valence-electron chi connectivity index (χ3n) is 2.19. The largest absolute Gasteiger partial charge is 0.464 e. The van der Waals surface area contributed by atoms with Crippen LogP contribution in [0.3, 0.4) is 0 Å². The van der Waals surface area contributed by atoms with Crippen molar-refractivity contribution >= 4 is 5.97 Å². The van der Waals surface area contributed by atoms with E-state index in [1.165, 1.54) is 7.11 Å². The van der Waals surface area contributed by atoms with Crippen LogP contribution < -0.4 is 0 Å². The molecular formula is C10H15NO3. The molecule has 1 N–H and O–H groups in total. The fourth-order valence-corrected chi connectivity index (χ4v) is 1.32. The molecule has 4 heteroatoms. The highest BCUT2D eigenvalue weighted by Gasteiger charge is 2.15. The highest BCUT2D eigenvalue weighted by atomic mass is 16.5. The summed E-state index contributed by atoms with van der Waals surface area (Å²) < 4.78 is 6.26. The number of esters is 1. The van der Waals surface area contributed by atoms with Gasteiger partial charge in [0.05, 0.1) is 13.2 Å². The monoisotopic (exact) mass is 197 g/mol. The Morgan fingerprint density at radius 2 is 2.36 bits per heavy atom. The molecule has 0 aliphatic rings. The van der Waals surface area contributed by atoms with E-state index in [0.717, 1.165) is 5.56 Å². The number of nitrogens with zero attached hydrogens (tertiary/aromatic N) is 1. The second kappa shape index (κ2) is 4.28. The van der Waals surface area contributed by atoms with Crippen molar-refractivity contribution in [2.75, 3.05) is 7.11 Å². The Balaban J connectivity index is 2.98. The summed E-state index contributed by atoms with van der Waals surface area (Å²) >= 11 is 0. The van der Waals surface area contributed by atoms with Crippen molar-refractivity contribution in [1.29, 1.82) is 0 Å². The molecule has 0 bridgehead atoms. The molecule has 0 aromatic carbocycles. The quantitative estimate of drug-likeness (QED) is 0.742. The second-order valence-corrected chi connectivity index (χ2v) is 3.19. The number of hydrogen-bond donors (Lipinski definition) is 1.